The number of aliphatic hydroxyl groups excluding tert-OH is 1. The van der Waals surface area contributed by atoms with Crippen LogP contribution in [0.5, 0.6) is 5.75 Å². The summed E-state index contributed by atoms with van der Waals surface area (Å²) < 4.78 is 5.25. The van der Waals surface area contributed by atoms with Crippen LogP contribution in [0.25, 0.3) is 10.9 Å². The van der Waals surface area contributed by atoms with Gasteiger partial charge in [-0.2, -0.15) is 5.10 Å². The van der Waals surface area contributed by atoms with Crippen LogP contribution >= 0.6 is 0 Å². The molecule has 0 spiro atoms. The predicted molar refractivity (Wildman–Crippen MR) is 55.6 cm³/mol. The molecule has 0 aliphatic carbocycles. The molecule has 0 saturated carbocycles. The molecule has 6 nitrogen and oxygen atoms in total. The van der Waals surface area contributed by atoms with Crippen LogP contribution in [-0.2, 0) is 0 Å². The number of carboxylic acid groups (broad SMARTS) is 1. The maximum atomic E-state index is 10.8. The minimum atomic E-state index is -1.09. The number of aliphatic hydroxyl groups is 1. The first-order valence-electron chi connectivity index (χ1n) is 4.68. The molecule has 16 heavy (non-hydrogen) atoms. The first-order valence-corrected chi connectivity index (χ1v) is 4.68. The summed E-state index contributed by atoms with van der Waals surface area (Å²) in [5.74, 6) is -0.614. The highest BCUT2D eigenvalue weighted by Crippen LogP contribution is 2.25. The Kier molecular flexibility index (Phi) is 2.74. The van der Waals surface area contributed by atoms with Crippen LogP contribution in [0.2, 0.25) is 0 Å². The lowest BCUT2D eigenvalue weighted by molar-refractivity contribution is 0.0692. The molecule has 0 atom stereocenters. The first-order chi connectivity index (χ1) is 7.74. The van der Waals surface area contributed by atoms with Crippen molar-refractivity contribution >= 4 is 16.9 Å². The van der Waals surface area contributed by atoms with Crippen molar-refractivity contribution in [3.05, 3.63) is 23.9 Å². The fourth-order valence-electron chi connectivity index (χ4n) is 1.45. The highest BCUT2D eigenvalue weighted by molar-refractivity contribution is 6.02. The quantitative estimate of drug-likeness (QED) is 0.705. The van der Waals surface area contributed by atoms with Crippen LogP contribution in [0.1, 0.15) is 10.5 Å². The maximum Gasteiger partial charge on any atom is 0.357 e. The van der Waals surface area contributed by atoms with Gasteiger partial charge in [0.1, 0.15) is 17.9 Å². The zero-order valence-corrected chi connectivity index (χ0v) is 8.30. The van der Waals surface area contributed by atoms with Crippen molar-refractivity contribution < 1.29 is 19.7 Å². The number of ether oxygens (including phenoxy) is 1. The molecule has 0 aliphatic heterocycles. The van der Waals surface area contributed by atoms with E-state index in [0.717, 1.165) is 0 Å². The summed E-state index contributed by atoms with van der Waals surface area (Å²) in [5, 5.41) is 24.3. The standard InChI is InChI=1S/C10H10N2O4/c13-4-5-16-7-3-1-2-6-8(7)11-12-9(6)10(14)15/h1-3,13H,4-5H2,(H,11,12)(H,14,15). The average molecular weight is 222 g/mol. The Balaban J connectivity index is 2.49. The van der Waals surface area contributed by atoms with Gasteiger partial charge in [0.25, 0.3) is 0 Å². The van der Waals surface area contributed by atoms with E-state index in [4.69, 9.17) is 14.9 Å². The number of H-pyrrole nitrogens is 1. The van der Waals surface area contributed by atoms with E-state index in [1.807, 2.05) is 0 Å². The Morgan fingerprint density at radius 3 is 3.00 bits per heavy atom. The number of hydrogen-bond acceptors (Lipinski definition) is 4. The molecular formula is C10H10N2O4. The second-order valence-electron chi connectivity index (χ2n) is 3.13. The normalized spacial score (nSPS) is 10.6. The Morgan fingerprint density at radius 1 is 1.50 bits per heavy atom. The van der Waals surface area contributed by atoms with Crippen molar-refractivity contribution in [2.45, 2.75) is 0 Å². The van der Waals surface area contributed by atoms with Gasteiger partial charge in [0.05, 0.1) is 6.61 Å². The van der Waals surface area contributed by atoms with Gasteiger partial charge in [-0.1, -0.05) is 12.1 Å². The van der Waals surface area contributed by atoms with Crippen molar-refractivity contribution in [3.8, 4) is 5.75 Å². The van der Waals surface area contributed by atoms with Gasteiger partial charge in [-0.15, -0.1) is 0 Å². The Morgan fingerprint density at radius 2 is 2.31 bits per heavy atom. The second kappa shape index (κ2) is 4.19. The van der Waals surface area contributed by atoms with E-state index in [9.17, 15) is 4.79 Å². The topological polar surface area (TPSA) is 95.4 Å². The van der Waals surface area contributed by atoms with Crippen LogP contribution in [0.15, 0.2) is 18.2 Å². The van der Waals surface area contributed by atoms with Crippen LogP contribution < -0.4 is 4.74 Å². The number of benzene rings is 1. The Hall–Kier alpha value is -2.08. The Bertz CT molecular complexity index is 521. The number of nitrogens with zero attached hydrogens (tertiary/aromatic N) is 1. The molecular weight excluding hydrogens is 212 g/mol. The highest BCUT2D eigenvalue weighted by atomic mass is 16.5. The Labute approximate surface area is 90.5 Å². The molecule has 6 heteroatoms. The molecule has 1 heterocycles. The lowest BCUT2D eigenvalue weighted by atomic mass is 10.2. The summed E-state index contributed by atoms with van der Waals surface area (Å²) in [6.07, 6.45) is 0. The maximum absolute atomic E-state index is 10.8. The summed E-state index contributed by atoms with van der Waals surface area (Å²) in [6, 6.07) is 5.01. The minimum Gasteiger partial charge on any atom is -0.489 e. The van der Waals surface area contributed by atoms with Crippen LogP contribution in [0.4, 0.5) is 0 Å². The number of carboxylic acids is 1. The van der Waals surface area contributed by atoms with Gasteiger partial charge in [0.15, 0.2) is 5.69 Å². The number of hydrogen-bond donors (Lipinski definition) is 3. The molecule has 0 unspecified atom stereocenters. The van der Waals surface area contributed by atoms with E-state index in [1.165, 1.54) is 0 Å². The van der Waals surface area contributed by atoms with Crippen LogP contribution in [0, 0.1) is 0 Å². The van der Waals surface area contributed by atoms with Crippen molar-refractivity contribution in [2.24, 2.45) is 0 Å². The number of nitrogens with one attached hydrogen (secondary N) is 1. The molecule has 0 amide bonds. The predicted octanol–water partition coefficient (Wildman–Crippen LogP) is 0.632. The summed E-state index contributed by atoms with van der Waals surface area (Å²) in [4.78, 5) is 10.8. The number of carbonyl (C=O) groups is 1. The second-order valence-corrected chi connectivity index (χ2v) is 3.13. The molecule has 1 aromatic heterocycles. The number of para-hydroxylation sites is 1. The fourth-order valence-corrected chi connectivity index (χ4v) is 1.45. The van der Waals surface area contributed by atoms with Crippen LogP contribution in [0.3, 0.4) is 0 Å². The SMILES string of the molecule is O=C(O)c1n[nH]c2c(OCCO)cccc12. The summed E-state index contributed by atoms with van der Waals surface area (Å²) in [7, 11) is 0. The van der Waals surface area contributed by atoms with Gasteiger partial charge < -0.3 is 14.9 Å². The van der Waals surface area contributed by atoms with Crippen molar-refractivity contribution in [1.82, 2.24) is 10.2 Å². The lowest BCUT2D eigenvalue weighted by Gasteiger charge is -2.04. The summed E-state index contributed by atoms with van der Waals surface area (Å²) >= 11 is 0. The first kappa shape index (κ1) is 10.4. The monoisotopic (exact) mass is 222 g/mol. The molecule has 2 aromatic rings. The number of aromatic carboxylic acids is 1. The molecule has 2 rings (SSSR count). The third-order valence-electron chi connectivity index (χ3n) is 2.11. The number of rotatable bonds is 4. The van der Waals surface area contributed by atoms with Gasteiger partial charge in [-0.05, 0) is 6.07 Å². The zero-order valence-electron chi connectivity index (χ0n) is 8.30. The van der Waals surface area contributed by atoms with E-state index in [-0.39, 0.29) is 18.9 Å². The van der Waals surface area contributed by atoms with Gasteiger partial charge in [-0.25, -0.2) is 4.79 Å². The van der Waals surface area contributed by atoms with E-state index in [1.54, 1.807) is 18.2 Å². The molecule has 0 radical (unpaired) electrons. The lowest BCUT2D eigenvalue weighted by Crippen LogP contribution is -2.01. The molecule has 0 aliphatic rings. The average Bonchev–Trinajstić information content (AvgIpc) is 2.70. The smallest absolute Gasteiger partial charge is 0.357 e. The minimum absolute atomic E-state index is 0.0375. The van der Waals surface area contributed by atoms with Crippen molar-refractivity contribution in [2.75, 3.05) is 13.2 Å². The van der Waals surface area contributed by atoms with E-state index in [0.29, 0.717) is 16.7 Å². The number of aromatic nitrogens is 2. The van der Waals surface area contributed by atoms with Crippen LogP contribution in [-0.4, -0.2) is 39.6 Å². The van der Waals surface area contributed by atoms with Gasteiger partial charge in [0, 0.05) is 5.39 Å². The largest absolute Gasteiger partial charge is 0.489 e. The zero-order chi connectivity index (χ0) is 11.5. The summed E-state index contributed by atoms with van der Waals surface area (Å²) in [6.45, 7) is 0.0524. The van der Waals surface area contributed by atoms with Gasteiger partial charge >= 0.3 is 5.97 Å². The number of fused-ring (bicyclic) bond motifs is 1. The third kappa shape index (κ3) is 1.70. The van der Waals surface area contributed by atoms with E-state index >= 15 is 0 Å². The van der Waals surface area contributed by atoms with Gasteiger partial charge in [-0.3, -0.25) is 5.10 Å². The van der Waals surface area contributed by atoms with E-state index < -0.39 is 5.97 Å². The van der Waals surface area contributed by atoms with Gasteiger partial charge in [0.2, 0.25) is 0 Å². The molecule has 0 fully saturated rings. The fraction of sp³-hybridized carbons (Fsp3) is 0.200. The third-order valence-corrected chi connectivity index (χ3v) is 2.11. The molecule has 3 N–H and O–H groups in total. The van der Waals surface area contributed by atoms with Crippen molar-refractivity contribution in [1.29, 1.82) is 0 Å². The molecule has 0 saturated heterocycles. The summed E-state index contributed by atoms with van der Waals surface area (Å²) in [5.41, 5.74) is 0.484. The highest BCUT2D eigenvalue weighted by Gasteiger charge is 2.14. The number of aromatic amines is 1. The van der Waals surface area contributed by atoms with E-state index in [2.05, 4.69) is 10.2 Å². The molecule has 84 valence electrons. The van der Waals surface area contributed by atoms with Crippen molar-refractivity contribution in [3.63, 3.8) is 0 Å². The molecule has 0 bridgehead atoms. The molecule has 1 aromatic carbocycles.